The first-order valence-corrected chi connectivity index (χ1v) is 22.1. The maximum Gasteiger partial charge on any atom is 0.160 e. The van der Waals surface area contributed by atoms with Gasteiger partial charge in [0.25, 0.3) is 0 Å². The molecule has 258 valence electrons. The summed E-state index contributed by atoms with van der Waals surface area (Å²) < 4.78 is 0. The van der Waals surface area contributed by atoms with Crippen LogP contribution in [-0.2, 0) is 0 Å². The van der Waals surface area contributed by atoms with E-state index in [2.05, 4.69) is 195 Å². The van der Waals surface area contributed by atoms with Crippen molar-refractivity contribution in [2.45, 2.75) is 13.1 Å². The van der Waals surface area contributed by atoms with E-state index in [1.54, 1.807) is 0 Å². The van der Waals surface area contributed by atoms with E-state index in [-0.39, 0.29) is 0 Å². The molecule has 0 aliphatic carbocycles. The van der Waals surface area contributed by atoms with Crippen molar-refractivity contribution in [3.05, 3.63) is 182 Å². The van der Waals surface area contributed by atoms with Gasteiger partial charge in [0.2, 0.25) is 0 Å². The fraction of sp³-hybridized carbons (Fsp3) is 0.0385. The van der Waals surface area contributed by atoms with Crippen LogP contribution in [0.25, 0.3) is 99.2 Å². The van der Waals surface area contributed by atoms with E-state index in [0.717, 1.165) is 39.5 Å². The molecule has 1 aromatic heterocycles. The summed E-state index contributed by atoms with van der Waals surface area (Å²) in [5, 5.41) is 13.0. The molecule has 2 heterocycles. The Labute approximate surface area is 321 Å². The van der Waals surface area contributed by atoms with Crippen molar-refractivity contribution >= 4 is 61.5 Å². The standard InChI is InChI=1S/C52H36N2Si/c1-55(2)47-29-27-33-14-6-7-21-40(33)48(47)50-51(55)49(34-15-4-3-5-16-34)53-52(54-50)39-20-13-19-37(31-39)35-17-12-18-36(30-35)38-26-28-45-43-24-9-8-22-41(43)42-23-10-11-25-44(42)46(45)32-38/h3-32H,1-2H3. The highest BCUT2D eigenvalue weighted by Gasteiger charge is 2.42. The largest absolute Gasteiger partial charge is 0.228 e. The van der Waals surface area contributed by atoms with Crippen molar-refractivity contribution in [3.8, 4) is 56.2 Å². The number of hydrogen-bond donors (Lipinski definition) is 0. The summed E-state index contributed by atoms with van der Waals surface area (Å²) in [5.74, 6) is 0.759. The first kappa shape index (κ1) is 31.8. The van der Waals surface area contributed by atoms with Gasteiger partial charge in [-0.3, -0.25) is 0 Å². The third-order valence-corrected chi connectivity index (χ3v) is 15.3. The maximum absolute atomic E-state index is 5.50. The lowest BCUT2D eigenvalue weighted by Crippen LogP contribution is -2.50. The molecule has 0 spiro atoms. The summed E-state index contributed by atoms with van der Waals surface area (Å²) in [4.78, 5) is 10.9. The van der Waals surface area contributed by atoms with Gasteiger partial charge in [-0.05, 0) is 93.9 Å². The number of aromatic nitrogens is 2. The summed E-state index contributed by atoms with van der Waals surface area (Å²) in [5.41, 5.74) is 10.3. The fourth-order valence-electron chi connectivity index (χ4n) is 9.15. The molecule has 0 atom stereocenters. The zero-order chi connectivity index (χ0) is 36.7. The van der Waals surface area contributed by atoms with Crippen molar-refractivity contribution < 1.29 is 0 Å². The third kappa shape index (κ3) is 4.94. The molecule has 1 aliphatic heterocycles. The predicted octanol–water partition coefficient (Wildman–Crippen LogP) is 12.6. The second-order valence-electron chi connectivity index (χ2n) is 15.3. The quantitative estimate of drug-likeness (QED) is 0.134. The monoisotopic (exact) mass is 716 g/mol. The molecule has 1 aliphatic rings. The van der Waals surface area contributed by atoms with Crippen molar-refractivity contribution in [2.75, 3.05) is 0 Å². The molecule has 0 radical (unpaired) electrons. The van der Waals surface area contributed by atoms with E-state index in [9.17, 15) is 0 Å². The number of fused-ring (bicyclic) bond motifs is 11. The van der Waals surface area contributed by atoms with Crippen LogP contribution in [0.1, 0.15) is 0 Å². The molecule has 10 aromatic rings. The Hall–Kier alpha value is -6.68. The average molecular weight is 717 g/mol. The summed E-state index contributed by atoms with van der Waals surface area (Å²) in [6, 6.07) is 66.2. The highest BCUT2D eigenvalue weighted by Crippen LogP contribution is 2.40. The SMILES string of the molecule is C[Si]1(C)c2ccc3ccccc3c2-c2nc(-c3cccc(-c4cccc(-c5ccc6c7ccccc7c7ccccc7c6c5)c4)c3)nc(-c3ccccc3)c21. The zero-order valence-electron chi connectivity index (χ0n) is 30.7. The van der Waals surface area contributed by atoms with Crippen LogP contribution in [0.15, 0.2) is 182 Å². The summed E-state index contributed by atoms with van der Waals surface area (Å²) in [7, 11) is -2.12. The van der Waals surface area contributed by atoms with Crippen LogP contribution in [0, 0.1) is 0 Å². The second-order valence-corrected chi connectivity index (χ2v) is 19.6. The molecule has 9 aromatic carbocycles. The molecule has 0 fully saturated rings. The Morgan fingerprint density at radius 2 is 0.836 bits per heavy atom. The molecule has 0 N–H and O–H groups in total. The van der Waals surface area contributed by atoms with Crippen molar-refractivity contribution in [2.24, 2.45) is 0 Å². The van der Waals surface area contributed by atoms with Gasteiger partial charge in [0.1, 0.15) is 8.07 Å². The molecule has 2 nitrogen and oxygen atoms in total. The smallest absolute Gasteiger partial charge is 0.160 e. The fourth-order valence-corrected chi connectivity index (χ4v) is 12.4. The lowest BCUT2D eigenvalue weighted by Gasteiger charge is -2.21. The van der Waals surface area contributed by atoms with Gasteiger partial charge in [0.05, 0.1) is 11.4 Å². The van der Waals surface area contributed by atoms with Gasteiger partial charge in [-0.2, -0.15) is 0 Å². The van der Waals surface area contributed by atoms with E-state index in [0.29, 0.717) is 0 Å². The van der Waals surface area contributed by atoms with E-state index >= 15 is 0 Å². The van der Waals surface area contributed by atoms with Crippen LogP contribution in [0.3, 0.4) is 0 Å². The van der Waals surface area contributed by atoms with Crippen molar-refractivity contribution in [3.63, 3.8) is 0 Å². The lowest BCUT2D eigenvalue weighted by atomic mass is 9.91. The first-order chi connectivity index (χ1) is 27.0. The first-order valence-electron chi connectivity index (χ1n) is 19.1. The van der Waals surface area contributed by atoms with E-state index in [4.69, 9.17) is 9.97 Å². The number of rotatable bonds is 4. The third-order valence-electron chi connectivity index (χ3n) is 11.8. The highest BCUT2D eigenvalue weighted by molar-refractivity contribution is 7.04. The minimum absolute atomic E-state index is 0.759. The van der Waals surface area contributed by atoms with Crippen LogP contribution in [0.5, 0.6) is 0 Å². The van der Waals surface area contributed by atoms with Crippen LogP contribution in [0.2, 0.25) is 13.1 Å². The molecular weight excluding hydrogens is 681 g/mol. The maximum atomic E-state index is 5.50. The molecule has 3 heteroatoms. The van der Waals surface area contributed by atoms with Crippen LogP contribution in [-0.4, -0.2) is 18.0 Å². The van der Waals surface area contributed by atoms with Gasteiger partial charge in [-0.25, -0.2) is 9.97 Å². The van der Waals surface area contributed by atoms with Gasteiger partial charge in [-0.15, -0.1) is 0 Å². The van der Waals surface area contributed by atoms with Crippen LogP contribution >= 0.6 is 0 Å². The van der Waals surface area contributed by atoms with Gasteiger partial charge in [-0.1, -0.05) is 177 Å². The molecule has 0 unspecified atom stereocenters. The van der Waals surface area contributed by atoms with E-state index in [1.807, 2.05) is 0 Å². The minimum Gasteiger partial charge on any atom is -0.228 e. The van der Waals surface area contributed by atoms with Crippen molar-refractivity contribution in [1.29, 1.82) is 0 Å². The average Bonchev–Trinajstić information content (AvgIpc) is 3.49. The van der Waals surface area contributed by atoms with Crippen LogP contribution < -0.4 is 10.4 Å². The van der Waals surface area contributed by atoms with E-state index < -0.39 is 8.07 Å². The molecule has 0 amide bonds. The number of nitrogens with zero attached hydrogens (tertiary/aromatic N) is 2. The molecule has 11 rings (SSSR count). The zero-order valence-corrected chi connectivity index (χ0v) is 31.7. The van der Waals surface area contributed by atoms with E-state index in [1.165, 1.54) is 70.2 Å². The summed E-state index contributed by atoms with van der Waals surface area (Å²) in [6.07, 6.45) is 0. The van der Waals surface area contributed by atoms with Crippen molar-refractivity contribution in [1.82, 2.24) is 9.97 Å². The molecule has 55 heavy (non-hydrogen) atoms. The summed E-state index contributed by atoms with van der Waals surface area (Å²) in [6.45, 7) is 4.91. The van der Waals surface area contributed by atoms with Gasteiger partial charge >= 0.3 is 0 Å². The van der Waals surface area contributed by atoms with Crippen LogP contribution in [0.4, 0.5) is 0 Å². The lowest BCUT2D eigenvalue weighted by molar-refractivity contribution is 1.20. The Balaban J connectivity index is 1.05. The topological polar surface area (TPSA) is 25.8 Å². The molecule has 0 bridgehead atoms. The molecule has 0 saturated heterocycles. The minimum atomic E-state index is -2.12. The van der Waals surface area contributed by atoms with Gasteiger partial charge in [0, 0.05) is 16.7 Å². The van der Waals surface area contributed by atoms with Gasteiger partial charge < -0.3 is 0 Å². The second kappa shape index (κ2) is 12.2. The highest BCUT2D eigenvalue weighted by atomic mass is 28.3. The Bertz CT molecular complexity index is 3150. The Kier molecular flexibility index (Phi) is 7.04. The normalized spacial score (nSPS) is 13.1. The summed E-state index contributed by atoms with van der Waals surface area (Å²) >= 11 is 0. The molecular formula is C52H36N2Si. The molecule has 0 saturated carbocycles. The number of hydrogen-bond acceptors (Lipinski definition) is 2. The Morgan fingerprint density at radius 1 is 0.345 bits per heavy atom. The predicted molar refractivity (Wildman–Crippen MR) is 236 cm³/mol. The van der Waals surface area contributed by atoms with Gasteiger partial charge in [0.15, 0.2) is 5.82 Å². The number of benzene rings is 9. The Morgan fingerprint density at radius 3 is 1.51 bits per heavy atom.